The van der Waals surface area contributed by atoms with E-state index >= 15 is 0 Å². The number of hydrogen-bond acceptors (Lipinski definition) is 2. The fraction of sp³-hybridized carbons (Fsp3) is 0.647. The molecule has 1 aliphatic heterocycles. The predicted octanol–water partition coefficient (Wildman–Crippen LogP) is 4.76. The molecule has 1 N–H and O–H groups in total. The topological polar surface area (TPSA) is 15.3 Å². The molecule has 1 aromatic carbocycles. The van der Waals surface area contributed by atoms with Crippen LogP contribution in [0.2, 0.25) is 10.0 Å². The maximum absolute atomic E-state index is 6.39. The molecule has 1 saturated heterocycles. The van der Waals surface area contributed by atoms with Crippen LogP contribution < -0.4 is 5.32 Å². The van der Waals surface area contributed by atoms with Gasteiger partial charge in [0.1, 0.15) is 0 Å². The van der Waals surface area contributed by atoms with Crippen LogP contribution in [0, 0.1) is 5.92 Å². The van der Waals surface area contributed by atoms with Crippen LogP contribution in [0.3, 0.4) is 0 Å². The van der Waals surface area contributed by atoms with Gasteiger partial charge in [-0.1, -0.05) is 37.0 Å². The lowest BCUT2D eigenvalue weighted by Crippen LogP contribution is -2.40. The van der Waals surface area contributed by atoms with Crippen LogP contribution in [0.1, 0.15) is 45.2 Å². The van der Waals surface area contributed by atoms with E-state index < -0.39 is 0 Å². The van der Waals surface area contributed by atoms with Gasteiger partial charge >= 0.3 is 0 Å². The fourth-order valence-corrected chi connectivity index (χ4v) is 3.54. The zero-order valence-electron chi connectivity index (χ0n) is 13.2. The Kier molecular flexibility index (Phi) is 6.36. The molecule has 2 unspecified atom stereocenters. The van der Waals surface area contributed by atoms with Crippen molar-refractivity contribution in [3.8, 4) is 0 Å². The van der Waals surface area contributed by atoms with Crippen molar-refractivity contribution < 1.29 is 0 Å². The zero-order valence-corrected chi connectivity index (χ0v) is 14.7. The Morgan fingerprint density at radius 2 is 2.05 bits per heavy atom. The molecule has 0 bridgehead atoms. The maximum atomic E-state index is 6.39. The van der Waals surface area contributed by atoms with Gasteiger partial charge < -0.3 is 5.32 Å². The lowest BCUT2D eigenvalue weighted by Gasteiger charge is -2.33. The van der Waals surface area contributed by atoms with Crippen LogP contribution in [0.25, 0.3) is 0 Å². The second-order valence-corrected chi connectivity index (χ2v) is 7.33. The average Bonchev–Trinajstić information content (AvgIpc) is 2.92. The Labute approximate surface area is 138 Å². The maximum Gasteiger partial charge on any atom is 0.0454 e. The molecule has 0 aromatic heterocycles. The SMILES string of the molecule is CC(C)CN(CC1CCCN1)C(C)c1cc(Cl)ccc1Cl. The molecule has 0 spiro atoms. The molecule has 0 aliphatic carbocycles. The van der Waals surface area contributed by atoms with Gasteiger partial charge in [0.15, 0.2) is 0 Å². The molecule has 2 atom stereocenters. The predicted molar refractivity (Wildman–Crippen MR) is 92.3 cm³/mol. The summed E-state index contributed by atoms with van der Waals surface area (Å²) in [5, 5.41) is 5.15. The standard InChI is InChI=1S/C17H26Cl2N2/c1-12(2)10-21(11-15-5-4-8-20-15)13(3)16-9-14(18)6-7-17(16)19/h6-7,9,12-13,15,20H,4-5,8,10-11H2,1-3H3. The van der Waals surface area contributed by atoms with Gasteiger partial charge in [-0.3, -0.25) is 4.90 Å². The summed E-state index contributed by atoms with van der Waals surface area (Å²) in [5.74, 6) is 0.631. The summed E-state index contributed by atoms with van der Waals surface area (Å²) < 4.78 is 0. The van der Waals surface area contributed by atoms with E-state index in [1.165, 1.54) is 12.8 Å². The van der Waals surface area contributed by atoms with Gasteiger partial charge in [-0.15, -0.1) is 0 Å². The number of nitrogens with zero attached hydrogens (tertiary/aromatic N) is 1. The van der Waals surface area contributed by atoms with Gasteiger partial charge in [-0.2, -0.15) is 0 Å². The number of halogens is 2. The van der Waals surface area contributed by atoms with E-state index in [0.717, 1.165) is 35.2 Å². The van der Waals surface area contributed by atoms with E-state index in [0.29, 0.717) is 12.0 Å². The molecule has 1 aliphatic rings. The van der Waals surface area contributed by atoms with Crippen molar-refractivity contribution in [3.63, 3.8) is 0 Å². The van der Waals surface area contributed by atoms with Crippen molar-refractivity contribution in [2.45, 2.75) is 45.7 Å². The first-order chi connectivity index (χ1) is 9.97. The Bertz CT molecular complexity index is 456. The first-order valence-electron chi connectivity index (χ1n) is 7.89. The van der Waals surface area contributed by atoms with Gasteiger partial charge in [-0.25, -0.2) is 0 Å². The Morgan fingerprint density at radius 3 is 2.67 bits per heavy atom. The Morgan fingerprint density at radius 1 is 1.29 bits per heavy atom. The van der Waals surface area contributed by atoms with Crippen LogP contribution in [-0.4, -0.2) is 30.6 Å². The van der Waals surface area contributed by atoms with E-state index in [4.69, 9.17) is 23.2 Å². The number of hydrogen-bond donors (Lipinski definition) is 1. The van der Waals surface area contributed by atoms with Gasteiger partial charge in [0.05, 0.1) is 0 Å². The lowest BCUT2D eigenvalue weighted by atomic mass is 10.0. The number of nitrogens with one attached hydrogen (secondary N) is 1. The normalized spacial score (nSPS) is 20.4. The molecule has 0 amide bonds. The van der Waals surface area contributed by atoms with E-state index in [2.05, 4.69) is 31.0 Å². The van der Waals surface area contributed by atoms with Crippen molar-refractivity contribution in [3.05, 3.63) is 33.8 Å². The molecule has 1 fully saturated rings. The van der Waals surface area contributed by atoms with Crippen LogP contribution >= 0.6 is 23.2 Å². The highest BCUT2D eigenvalue weighted by molar-refractivity contribution is 6.33. The molecule has 118 valence electrons. The minimum absolute atomic E-state index is 0.279. The van der Waals surface area contributed by atoms with Gasteiger partial charge in [0.2, 0.25) is 0 Å². The second kappa shape index (κ2) is 7.82. The summed E-state index contributed by atoms with van der Waals surface area (Å²) >= 11 is 12.5. The summed E-state index contributed by atoms with van der Waals surface area (Å²) in [4.78, 5) is 2.53. The molecular formula is C17H26Cl2N2. The third-order valence-corrected chi connectivity index (χ3v) is 4.75. The summed E-state index contributed by atoms with van der Waals surface area (Å²) in [6.45, 7) is 10.1. The van der Waals surface area contributed by atoms with Gasteiger partial charge in [0, 0.05) is 35.2 Å². The molecule has 1 heterocycles. The van der Waals surface area contributed by atoms with E-state index in [1.54, 1.807) is 0 Å². The fourth-order valence-electron chi connectivity index (χ4n) is 3.09. The van der Waals surface area contributed by atoms with E-state index in [1.807, 2.05) is 18.2 Å². The first-order valence-corrected chi connectivity index (χ1v) is 8.65. The molecule has 0 saturated carbocycles. The molecule has 0 radical (unpaired) electrons. The average molecular weight is 329 g/mol. The minimum Gasteiger partial charge on any atom is -0.313 e. The summed E-state index contributed by atoms with van der Waals surface area (Å²) in [7, 11) is 0. The summed E-state index contributed by atoms with van der Waals surface area (Å²) in [5.41, 5.74) is 1.13. The van der Waals surface area contributed by atoms with E-state index in [9.17, 15) is 0 Å². The molecule has 4 heteroatoms. The van der Waals surface area contributed by atoms with Crippen molar-refractivity contribution in [2.24, 2.45) is 5.92 Å². The molecule has 1 aromatic rings. The van der Waals surface area contributed by atoms with Crippen molar-refractivity contribution in [2.75, 3.05) is 19.6 Å². The first kappa shape index (κ1) is 17.1. The second-order valence-electron chi connectivity index (χ2n) is 6.48. The monoisotopic (exact) mass is 328 g/mol. The highest BCUT2D eigenvalue weighted by Crippen LogP contribution is 2.30. The van der Waals surface area contributed by atoms with E-state index in [-0.39, 0.29) is 6.04 Å². The van der Waals surface area contributed by atoms with Gasteiger partial charge in [-0.05, 0) is 56.0 Å². The summed E-state index contributed by atoms with van der Waals surface area (Å²) in [6, 6.07) is 6.64. The quantitative estimate of drug-likeness (QED) is 0.809. The van der Waals surface area contributed by atoms with Crippen LogP contribution in [0.5, 0.6) is 0 Å². The number of rotatable bonds is 6. The third-order valence-electron chi connectivity index (χ3n) is 4.17. The van der Waals surface area contributed by atoms with Crippen LogP contribution in [0.15, 0.2) is 18.2 Å². The van der Waals surface area contributed by atoms with Gasteiger partial charge in [0.25, 0.3) is 0 Å². The van der Waals surface area contributed by atoms with Crippen molar-refractivity contribution in [1.82, 2.24) is 10.2 Å². The Balaban J connectivity index is 2.15. The Hall–Kier alpha value is -0.280. The largest absolute Gasteiger partial charge is 0.313 e. The minimum atomic E-state index is 0.279. The smallest absolute Gasteiger partial charge is 0.0454 e. The molecule has 21 heavy (non-hydrogen) atoms. The van der Waals surface area contributed by atoms with Crippen LogP contribution in [-0.2, 0) is 0 Å². The molecule has 2 nitrogen and oxygen atoms in total. The molecular weight excluding hydrogens is 303 g/mol. The highest BCUT2D eigenvalue weighted by Gasteiger charge is 2.24. The summed E-state index contributed by atoms with van der Waals surface area (Å²) in [6.07, 6.45) is 2.55. The molecule has 2 rings (SSSR count). The number of benzene rings is 1. The lowest BCUT2D eigenvalue weighted by molar-refractivity contribution is 0.171. The van der Waals surface area contributed by atoms with Crippen molar-refractivity contribution in [1.29, 1.82) is 0 Å². The third kappa shape index (κ3) is 4.85. The highest BCUT2D eigenvalue weighted by atomic mass is 35.5. The zero-order chi connectivity index (χ0) is 15.4. The van der Waals surface area contributed by atoms with Crippen molar-refractivity contribution >= 4 is 23.2 Å². The van der Waals surface area contributed by atoms with Crippen LogP contribution in [0.4, 0.5) is 0 Å².